The maximum absolute atomic E-state index is 12.4. The molecule has 24 heavy (non-hydrogen) atoms. The number of nitrogens with one attached hydrogen (secondary N) is 1. The topological polar surface area (TPSA) is 96.7 Å². The lowest BCUT2D eigenvalue weighted by Gasteiger charge is -2.17. The van der Waals surface area contributed by atoms with Crippen molar-refractivity contribution >= 4 is 21.8 Å². The zero-order valence-corrected chi connectivity index (χ0v) is 13.7. The molecule has 8 heteroatoms. The van der Waals surface area contributed by atoms with Crippen LogP contribution in [0.4, 0.5) is 0 Å². The number of amides is 2. The third kappa shape index (κ3) is 2.92. The summed E-state index contributed by atoms with van der Waals surface area (Å²) >= 11 is 0. The average Bonchev–Trinajstić information content (AvgIpc) is 3.09. The van der Waals surface area contributed by atoms with Crippen LogP contribution >= 0.6 is 0 Å². The van der Waals surface area contributed by atoms with E-state index in [0.717, 1.165) is 0 Å². The van der Waals surface area contributed by atoms with Gasteiger partial charge in [-0.15, -0.1) is 0 Å². The van der Waals surface area contributed by atoms with Crippen LogP contribution in [-0.2, 0) is 21.2 Å². The Morgan fingerprint density at radius 3 is 2.67 bits per heavy atom. The van der Waals surface area contributed by atoms with Gasteiger partial charge < -0.3 is 9.73 Å². The lowest BCUT2D eigenvalue weighted by molar-refractivity contribution is -0.121. The fourth-order valence-electron chi connectivity index (χ4n) is 2.62. The number of furan rings is 1. The molecule has 2 aromatic rings. The van der Waals surface area contributed by atoms with Crippen LogP contribution in [0.5, 0.6) is 0 Å². The van der Waals surface area contributed by atoms with Gasteiger partial charge in [0.15, 0.2) is 0 Å². The number of nitrogens with zero attached hydrogens (tertiary/aromatic N) is 1. The first kappa shape index (κ1) is 16.3. The quantitative estimate of drug-likeness (QED) is 0.875. The van der Waals surface area contributed by atoms with Gasteiger partial charge in [0.25, 0.3) is 15.9 Å². The highest BCUT2D eigenvalue weighted by Gasteiger charge is 2.41. The van der Waals surface area contributed by atoms with Gasteiger partial charge in [-0.3, -0.25) is 9.59 Å². The first-order valence-corrected chi connectivity index (χ1v) is 8.81. The van der Waals surface area contributed by atoms with Crippen molar-refractivity contribution in [1.82, 2.24) is 9.62 Å². The highest BCUT2D eigenvalue weighted by molar-refractivity contribution is 7.90. The Hall–Kier alpha value is -2.61. The molecular formula is C16H16N2O5S. The molecule has 126 valence electrons. The Bertz CT molecular complexity index is 874. The van der Waals surface area contributed by atoms with Crippen molar-refractivity contribution < 1.29 is 22.4 Å². The SMILES string of the molecule is C[C@@H](Cc1ccco1)NC(=O)CN1C(=O)c2ccccc2S1(=O)=O. The maximum atomic E-state index is 12.4. The fraction of sp³-hybridized carbons (Fsp3) is 0.250. The molecule has 1 aromatic heterocycles. The van der Waals surface area contributed by atoms with Crippen molar-refractivity contribution in [3.8, 4) is 0 Å². The predicted molar refractivity (Wildman–Crippen MR) is 84.7 cm³/mol. The van der Waals surface area contributed by atoms with Crippen LogP contribution in [0.3, 0.4) is 0 Å². The first-order valence-electron chi connectivity index (χ1n) is 7.37. The third-order valence-electron chi connectivity index (χ3n) is 3.69. The molecule has 0 radical (unpaired) electrons. The maximum Gasteiger partial charge on any atom is 0.269 e. The third-order valence-corrected chi connectivity index (χ3v) is 5.48. The van der Waals surface area contributed by atoms with Crippen molar-refractivity contribution in [2.45, 2.75) is 24.3 Å². The van der Waals surface area contributed by atoms with Crippen molar-refractivity contribution in [1.29, 1.82) is 0 Å². The molecule has 1 aliphatic rings. The summed E-state index contributed by atoms with van der Waals surface area (Å²) in [6, 6.07) is 9.20. The number of hydrogen-bond acceptors (Lipinski definition) is 5. The minimum Gasteiger partial charge on any atom is -0.469 e. The van der Waals surface area contributed by atoms with Gasteiger partial charge in [-0.1, -0.05) is 12.1 Å². The number of hydrogen-bond donors (Lipinski definition) is 1. The van der Waals surface area contributed by atoms with Crippen molar-refractivity contribution in [3.63, 3.8) is 0 Å². The molecule has 0 bridgehead atoms. The number of fused-ring (bicyclic) bond motifs is 1. The molecule has 0 saturated carbocycles. The second kappa shape index (κ2) is 6.12. The van der Waals surface area contributed by atoms with E-state index < -0.39 is 28.4 Å². The first-order chi connectivity index (χ1) is 11.4. The summed E-state index contributed by atoms with van der Waals surface area (Å²) in [6.45, 7) is 1.23. The smallest absolute Gasteiger partial charge is 0.269 e. The average molecular weight is 348 g/mol. The minimum atomic E-state index is -3.97. The molecule has 0 unspecified atom stereocenters. The highest BCUT2D eigenvalue weighted by Crippen LogP contribution is 2.29. The van der Waals surface area contributed by atoms with Crippen molar-refractivity contribution in [2.75, 3.05) is 6.54 Å². The van der Waals surface area contributed by atoms with Crippen LogP contribution in [0.1, 0.15) is 23.0 Å². The molecular weight excluding hydrogens is 332 g/mol. The van der Waals surface area contributed by atoms with E-state index >= 15 is 0 Å². The number of carbonyl (C=O) groups is 2. The number of benzene rings is 1. The Kier molecular flexibility index (Phi) is 4.15. The monoisotopic (exact) mass is 348 g/mol. The largest absolute Gasteiger partial charge is 0.469 e. The molecule has 7 nitrogen and oxygen atoms in total. The Morgan fingerprint density at radius 1 is 1.25 bits per heavy atom. The Morgan fingerprint density at radius 2 is 2.00 bits per heavy atom. The van der Waals surface area contributed by atoms with Crippen LogP contribution in [0.25, 0.3) is 0 Å². The second-order valence-corrected chi connectivity index (χ2v) is 7.40. The molecule has 1 aromatic carbocycles. The summed E-state index contributed by atoms with van der Waals surface area (Å²) in [5.74, 6) is -0.515. The zero-order chi connectivity index (χ0) is 17.3. The Labute approximate surface area is 139 Å². The minimum absolute atomic E-state index is 0.0635. The van der Waals surface area contributed by atoms with Crippen LogP contribution in [0.15, 0.2) is 52.0 Å². The summed E-state index contributed by atoms with van der Waals surface area (Å²) in [6.07, 6.45) is 2.01. The molecule has 1 aliphatic heterocycles. The molecule has 2 amide bonds. The van der Waals surface area contributed by atoms with Crippen molar-refractivity contribution in [3.05, 3.63) is 54.0 Å². The van der Waals surface area contributed by atoms with E-state index in [1.54, 1.807) is 31.2 Å². The van der Waals surface area contributed by atoms with Gasteiger partial charge in [-0.05, 0) is 31.2 Å². The fourth-order valence-corrected chi connectivity index (χ4v) is 4.14. The van der Waals surface area contributed by atoms with E-state index in [9.17, 15) is 18.0 Å². The molecule has 0 aliphatic carbocycles. The van der Waals surface area contributed by atoms with E-state index in [0.29, 0.717) is 16.5 Å². The van der Waals surface area contributed by atoms with Gasteiger partial charge in [0, 0.05) is 12.5 Å². The molecule has 1 N–H and O–H groups in total. The van der Waals surface area contributed by atoms with Gasteiger partial charge in [0.1, 0.15) is 17.2 Å². The van der Waals surface area contributed by atoms with Crippen LogP contribution < -0.4 is 5.32 Å². The van der Waals surface area contributed by atoms with E-state index in [1.165, 1.54) is 18.4 Å². The van der Waals surface area contributed by atoms with E-state index in [2.05, 4.69) is 5.32 Å². The predicted octanol–water partition coefficient (Wildman–Crippen LogP) is 1.17. The van der Waals surface area contributed by atoms with Crippen LogP contribution in [-0.4, -0.2) is 37.1 Å². The second-order valence-electron chi connectivity index (χ2n) is 5.57. The molecule has 0 spiro atoms. The normalized spacial score (nSPS) is 16.7. The van der Waals surface area contributed by atoms with E-state index in [4.69, 9.17) is 4.42 Å². The highest BCUT2D eigenvalue weighted by atomic mass is 32.2. The molecule has 0 fully saturated rings. The van der Waals surface area contributed by atoms with E-state index in [-0.39, 0.29) is 16.5 Å². The summed E-state index contributed by atoms with van der Waals surface area (Å²) in [7, 11) is -3.97. The lowest BCUT2D eigenvalue weighted by atomic mass is 10.2. The van der Waals surface area contributed by atoms with Gasteiger partial charge in [-0.25, -0.2) is 12.7 Å². The van der Waals surface area contributed by atoms with Gasteiger partial charge in [0.2, 0.25) is 5.91 Å². The molecule has 2 heterocycles. The zero-order valence-electron chi connectivity index (χ0n) is 12.9. The summed E-state index contributed by atoms with van der Waals surface area (Å²) < 4.78 is 30.6. The molecule has 3 rings (SSSR count). The summed E-state index contributed by atoms with van der Waals surface area (Å²) in [4.78, 5) is 24.3. The standard InChI is InChI=1S/C16H16N2O5S/c1-11(9-12-5-4-8-23-12)17-15(19)10-18-16(20)13-6-2-3-7-14(13)24(18,21)22/h2-8,11H,9-10H2,1H3,(H,17,19)/t11-/m0/s1. The van der Waals surface area contributed by atoms with Gasteiger partial charge in [0.05, 0.1) is 11.8 Å². The molecule has 0 saturated heterocycles. The number of sulfonamides is 1. The van der Waals surface area contributed by atoms with Gasteiger partial charge in [-0.2, -0.15) is 0 Å². The Balaban J connectivity index is 1.68. The van der Waals surface area contributed by atoms with Crippen LogP contribution in [0.2, 0.25) is 0 Å². The van der Waals surface area contributed by atoms with Crippen molar-refractivity contribution in [2.24, 2.45) is 0 Å². The summed E-state index contributed by atoms with van der Waals surface area (Å²) in [5.41, 5.74) is 0.0916. The van der Waals surface area contributed by atoms with E-state index in [1.807, 2.05) is 0 Å². The summed E-state index contributed by atoms with van der Waals surface area (Å²) in [5, 5.41) is 2.67. The number of carbonyl (C=O) groups excluding carboxylic acids is 2. The van der Waals surface area contributed by atoms with Gasteiger partial charge >= 0.3 is 0 Å². The van der Waals surface area contributed by atoms with Crippen LogP contribution in [0, 0.1) is 0 Å². The lowest BCUT2D eigenvalue weighted by Crippen LogP contribution is -2.43. The molecule has 1 atom stereocenters. The number of rotatable bonds is 5.